The van der Waals surface area contributed by atoms with Crippen LogP contribution in [0.4, 0.5) is 4.39 Å². The fraction of sp³-hybridized carbons (Fsp3) is 0.333. The van der Waals surface area contributed by atoms with Gasteiger partial charge in [-0.3, -0.25) is 0 Å². The Bertz CT molecular complexity index is 863. The summed E-state index contributed by atoms with van der Waals surface area (Å²) in [4.78, 5) is 0. The van der Waals surface area contributed by atoms with Crippen LogP contribution in [0.15, 0.2) is 48.5 Å². The van der Waals surface area contributed by atoms with E-state index in [9.17, 15) is 12.8 Å². The third kappa shape index (κ3) is 4.62. The summed E-state index contributed by atoms with van der Waals surface area (Å²) >= 11 is 6.01. The van der Waals surface area contributed by atoms with Crippen LogP contribution in [0, 0.1) is 5.82 Å². The van der Waals surface area contributed by atoms with Gasteiger partial charge in [0.15, 0.2) is 0 Å². The number of halogens is 3. The first-order valence-corrected chi connectivity index (χ1v) is 10.0. The second-order valence-electron chi connectivity index (χ2n) is 6.46. The summed E-state index contributed by atoms with van der Waals surface area (Å²) in [7, 11) is -2.37. The minimum Gasteiger partial charge on any atom is -0.326 e. The highest BCUT2D eigenvalue weighted by Crippen LogP contribution is 2.30. The first-order chi connectivity index (χ1) is 12.3. The SMILES string of the molecule is CN(Cc1c(F)cccc1Cl)S(=O)(=O)N1C[C@@H](N)[C@H](c2ccccc2)C1.Cl. The number of benzene rings is 2. The van der Waals surface area contributed by atoms with Gasteiger partial charge in [0.2, 0.25) is 0 Å². The van der Waals surface area contributed by atoms with Crippen molar-refractivity contribution >= 4 is 34.2 Å². The molecule has 2 N–H and O–H groups in total. The van der Waals surface area contributed by atoms with Crippen molar-refractivity contribution in [2.45, 2.75) is 18.5 Å². The summed E-state index contributed by atoms with van der Waals surface area (Å²) < 4.78 is 42.3. The molecule has 3 rings (SSSR count). The molecule has 0 amide bonds. The van der Waals surface area contributed by atoms with Gasteiger partial charge in [-0.15, -0.1) is 12.4 Å². The molecule has 1 saturated heterocycles. The zero-order valence-electron chi connectivity index (χ0n) is 14.8. The number of nitrogens with two attached hydrogens (primary N) is 1. The van der Waals surface area contributed by atoms with E-state index in [1.807, 2.05) is 30.3 Å². The maximum absolute atomic E-state index is 14.0. The summed E-state index contributed by atoms with van der Waals surface area (Å²) in [6.07, 6.45) is 0. The molecule has 9 heteroatoms. The van der Waals surface area contributed by atoms with Crippen molar-refractivity contribution in [2.24, 2.45) is 5.73 Å². The number of nitrogens with zero attached hydrogens (tertiary/aromatic N) is 2. The molecular weight excluding hydrogens is 412 g/mol. The maximum atomic E-state index is 14.0. The Labute approximate surface area is 170 Å². The quantitative estimate of drug-likeness (QED) is 0.787. The van der Waals surface area contributed by atoms with Crippen LogP contribution in [0.2, 0.25) is 5.02 Å². The molecule has 0 aromatic heterocycles. The molecule has 2 aromatic rings. The maximum Gasteiger partial charge on any atom is 0.282 e. The van der Waals surface area contributed by atoms with Crippen molar-refractivity contribution in [1.82, 2.24) is 8.61 Å². The zero-order valence-corrected chi connectivity index (χ0v) is 17.1. The first kappa shape index (κ1) is 22.1. The number of rotatable bonds is 5. The topological polar surface area (TPSA) is 66.6 Å². The molecule has 2 atom stereocenters. The van der Waals surface area contributed by atoms with E-state index in [0.717, 1.165) is 9.87 Å². The Morgan fingerprint density at radius 3 is 2.48 bits per heavy atom. The highest BCUT2D eigenvalue weighted by atomic mass is 35.5. The van der Waals surface area contributed by atoms with Crippen molar-refractivity contribution in [3.8, 4) is 0 Å². The minimum absolute atomic E-state index is 0. The summed E-state index contributed by atoms with van der Waals surface area (Å²) in [5.74, 6) is -0.601. The van der Waals surface area contributed by atoms with Gasteiger partial charge in [-0.1, -0.05) is 48.0 Å². The molecule has 0 saturated carbocycles. The van der Waals surface area contributed by atoms with E-state index < -0.39 is 16.0 Å². The van der Waals surface area contributed by atoms with Crippen LogP contribution >= 0.6 is 24.0 Å². The molecule has 0 bridgehead atoms. The van der Waals surface area contributed by atoms with Gasteiger partial charge in [0.05, 0.1) is 0 Å². The molecule has 27 heavy (non-hydrogen) atoms. The van der Waals surface area contributed by atoms with E-state index in [-0.39, 0.29) is 48.0 Å². The highest BCUT2D eigenvalue weighted by molar-refractivity contribution is 7.86. The predicted octanol–water partition coefficient (Wildman–Crippen LogP) is 3.00. The summed E-state index contributed by atoms with van der Waals surface area (Å²) in [6, 6.07) is 13.6. The predicted molar refractivity (Wildman–Crippen MR) is 108 cm³/mol. The summed E-state index contributed by atoms with van der Waals surface area (Å²) in [6.45, 7) is 0.371. The van der Waals surface area contributed by atoms with Crippen LogP contribution in [-0.2, 0) is 16.8 Å². The van der Waals surface area contributed by atoms with Gasteiger partial charge in [0, 0.05) is 49.2 Å². The molecule has 0 unspecified atom stereocenters. The van der Waals surface area contributed by atoms with Crippen molar-refractivity contribution in [2.75, 3.05) is 20.1 Å². The van der Waals surface area contributed by atoms with Gasteiger partial charge in [0.1, 0.15) is 5.82 Å². The largest absolute Gasteiger partial charge is 0.326 e. The van der Waals surface area contributed by atoms with E-state index >= 15 is 0 Å². The van der Waals surface area contributed by atoms with E-state index in [4.69, 9.17) is 17.3 Å². The van der Waals surface area contributed by atoms with Gasteiger partial charge in [-0.05, 0) is 17.7 Å². The number of hydrogen-bond donors (Lipinski definition) is 1. The molecule has 148 valence electrons. The molecular formula is C18H22Cl2FN3O2S. The van der Waals surface area contributed by atoms with Crippen molar-refractivity contribution in [3.05, 3.63) is 70.5 Å². The Balaban J connectivity index is 0.00000261. The average Bonchev–Trinajstić information content (AvgIpc) is 3.01. The normalized spacial score (nSPS) is 20.6. The second kappa shape index (κ2) is 8.86. The molecule has 1 fully saturated rings. The lowest BCUT2D eigenvalue weighted by Crippen LogP contribution is -2.41. The van der Waals surface area contributed by atoms with Crippen LogP contribution in [-0.4, -0.2) is 43.2 Å². The molecule has 2 aromatic carbocycles. The Morgan fingerprint density at radius 2 is 1.85 bits per heavy atom. The number of hydrogen-bond acceptors (Lipinski definition) is 3. The molecule has 1 heterocycles. The first-order valence-electron chi connectivity index (χ1n) is 8.25. The van der Waals surface area contributed by atoms with E-state index in [2.05, 4.69) is 0 Å². The summed E-state index contributed by atoms with van der Waals surface area (Å²) in [5, 5.41) is 0.201. The molecule has 5 nitrogen and oxygen atoms in total. The van der Waals surface area contributed by atoms with Crippen LogP contribution < -0.4 is 5.73 Å². The Hall–Kier alpha value is -1.22. The Morgan fingerprint density at radius 1 is 1.19 bits per heavy atom. The van der Waals surface area contributed by atoms with Gasteiger partial charge in [0.25, 0.3) is 10.2 Å². The standard InChI is InChI=1S/C18H21ClFN3O2S.ClH/c1-22(10-15-16(19)8-5-9-17(15)20)26(24,25)23-11-14(18(21)12-23)13-6-3-2-4-7-13;/h2-9,14,18H,10-12,21H2,1H3;1H/t14-,18+;/m0./s1. The fourth-order valence-electron chi connectivity index (χ4n) is 3.22. The third-order valence-electron chi connectivity index (χ3n) is 4.72. The molecule has 1 aliphatic heterocycles. The average molecular weight is 434 g/mol. The van der Waals surface area contributed by atoms with Crippen LogP contribution in [0.1, 0.15) is 17.0 Å². The molecule has 0 radical (unpaired) electrons. The van der Waals surface area contributed by atoms with Crippen molar-refractivity contribution in [1.29, 1.82) is 0 Å². The minimum atomic E-state index is -3.78. The van der Waals surface area contributed by atoms with Gasteiger partial charge < -0.3 is 5.73 Å². The van der Waals surface area contributed by atoms with Gasteiger partial charge >= 0.3 is 0 Å². The smallest absolute Gasteiger partial charge is 0.282 e. The highest BCUT2D eigenvalue weighted by Gasteiger charge is 2.39. The van der Waals surface area contributed by atoms with Crippen molar-refractivity contribution in [3.63, 3.8) is 0 Å². The van der Waals surface area contributed by atoms with Crippen LogP contribution in [0.25, 0.3) is 0 Å². The van der Waals surface area contributed by atoms with E-state index in [1.165, 1.54) is 29.6 Å². The lowest BCUT2D eigenvalue weighted by Gasteiger charge is -2.24. The third-order valence-corrected chi connectivity index (χ3v) is 6.94. The van der Waals surface area contributed by atoms with E-state index in [1.54, 1.807) is 0 Å². The molecule has 0 aliphatic carbocycles. The van der Waals surface area contributed by atoms with Crippen LogP contribution in [0.5, 0.6) is 0 Å². The van der Waals surface area contributed by atoms with Crippen LogP contribution in [0.3, 0.4) is 0 Å². The lowest BCUT2D eigenvalue weighted by molar-refractivity contribution is 0.385. The monoisotopic (exact) mass is 433 g/mol. The lowest BCUT2D eigenvalue weighted by atomic mass is 9.95. The second-order valence-corrected chi connectivity index (χ2v) is 8.90. The Kier molecular flexibility index (Phi) is 7.24. The summed E-state index contributed by atoms with van der Waals surface area (Å²) in [5.41, 5.74) is 7.36. The molecule has 0 spiro atoms. The van der Waals surface area contributed by atoms with Crippen molar-refractivity contribution < 1.29 is 12.8 Å². The van der Waals surface area contributed by atoms with E-state index in [0.29, 0.717) is 6.54 Å². The zero-order chi connectivity index (χ0) is 18.9. The van der Waals surface area contributed by atoms with Gasteiger partial charge in [-0.25, -0.2) is 4.39 Å². The molecule has 1 aliphatic rings. The van der Waals surface area contributed by atoms with Gasteiger partial charge in [-0.2, -0.15) is 17.0 Å². The fourth-order valence-corrected chi connectivity index (χ4v) is 4.84.